The maximum absolute atomic E-state index is 12.9. The number of benzene rings is 3. The van der Waals surface area contributed by atoms with Crippen LogP contribution in [-0.2, 0) is 6.42 Å². The lowest BCUT2D eigenvalue weighted by molar-refractivity contribution is 0.0936. The van der Waals surface area contributed by atoms with E-state index in [9.17, 15) is 4.79 Å². The SMILES string of the molecule is O=C(N[C@@H](Cc1ccccc1)c1ccccc1)c1ccc(-c2nn[nH]n2)cc1. The van der Waals surface area contributed by atoms with Gasteiger partial charge in [0.25, 0.3) is 5.91 Å². The number of tetrazole rings is 1. The van der Waals surface area contributed by atoms with Crippen LogP contribution in [0.2, 0.25) is 0 Å². The van der Waals surface area contributed by atoms with Crippen molar-refractivity contribution in [1.82, 2.24) is 25.9 Å². The highest BCUT2D eigenvalue weighted by atomic mass is 16.1. The van der Waals surface area contributed by atoms with Crippen LogP contribution in [0.1, 0.15) is 27.5 Å². The summed E-state index contributed by atoms with van der Waals surface area (Å²) >= 11 is 0. The second-order valence-corrected chi connectivity index (χ2v) is 6.44. The predicted molar refractivity (Wildman–Crippen MR) is 106 cm³/mol. The zero-order chi connectivity index (χ0) is 19.2. The summed E-state index contributed by atoms with van der Waals surface area (Å²) in [4.78, 5) is 12.9. The van der Waals surface area contributed by atoms with E-state index in [1.54, 1.807) is 12.1 Å². The number of amides is 1. The number of aromatic nitrogens is 4. The smallest absolute Gasteiger partial charge is 0.251 e. The van der Waals surface area contributed by atoms with Gasteiger partial charge in [-0.2, -0.15) is 5.21 Å². The Hall–Kier alpha value is -3.80. The molecule has 0 saturated carbocycles. The summed E-state index contributed by atoms with van der Waals surface area (Å²) in [5.41, 5.74) is 3.63. The van der Waals surface area contributed by atoms with Gasteiger partial charge >= 0.3 is 0 Å². The van der Waals surface area contributed by atoms with Crippen LogP contribution < -0.4 is 5.32 Å². The third-order valence-electron chi connectivity index (χ3n) is 4.54. The first-order chi connectivity index (χ1) is 13.8. The molecule has 0 unspecified atom stereocenters. The van der Waals surface area contributed by atoms with Crippen molar-refractivity contribution in [3.63, 3.8) is 0 Å². The fourth-order valence-corrected chi connectivity index (χ4v) is 3.08. The Morgan fingerprint density at radius 2 is 1.57 bits per heavy atom. The van der Waals surface area contributed by atoms with E-state index in [0.29, 0.717) is 11.4 Å². The van der Waals surface area contributed by atoms with Crippen LogP contribution in [0.4, 0.5) is 0 Å². The minimum atomic E-state index is -0.121. The molecule has 1 aromatic heterocycles. The normalized spacial score (nSPS) is 11.7. The van der Waals surface area contributed by atoms with E-state index in [4.69, 9.17) is 0 Å². The number of nitrogens with one attached hydrogen (secondary N) is 2. The van der Waals surface area contributed by atoms with Crippen molar-refractivity contribution in [3.05, 3.63) is 102 Å². The van der Waals surface area contributed by atoms with Gasteiger partial charge in [0, 0.05) is 11.1 Å². The maximum Gasteiger partial charge on any atom is 0.251 e. The van der Waals surface area contributed by atoms with Crippen molar-refractivity contribution < 1.29 is 4.79 Å². The summed E-state index contributed by atoms with van der Waals surface area (Å²) in [5.74, 6) is 0.377. The molecule has 1 atom stereocenters. The summed E-state index contributed by atoms with van der Waals surface area (Å²) in [6.45, 7) is 0. The molecule has 0 aliphatic heterocycles. The van der Waals surface area contributed by atoms with Crippen LogP contribution in [0, 0.1) is 0 Å². The molecule has 28 heavy (non-hydrogen) atoms. The largest absolute Gasteiger partial charge is 0.345 e. The van der Waals surface area contributed by atoms with Crippen molar-refractivity contribution in [2.24, 2.45) is 0 Å². The molecule has 138 valence electrons. The Balaban J connectivity index is 1.53. The quantitative estimate of drug-likeness (QED) is 0.544. The van der Waals surface area contributed by atoms with Gasteiger partial charge in [0.2, 0.25) is 5.82 Å². The molecular weight excluding hydrogens is 350 g/mol. The van der Waals surface area contributed by atoms with E-state index in [-0.39, 0.29) is 11.9 Å². The van der Waals surface area contributed by atoms with Crippen molar-refractivity contribution in [1.29, 1.82) is 0 Å². The van der Waals surface area contributed by atoms with E-state index in [1.807, 2.05) is 60.7 Å². The molecule has 0 bridgehead atoms. The first-order valence-electron chi connectivity index (χ1n) is 9.03. The summed E-state index contributed by atoms with van der Waals surface area (Å²) < 4.78 is 0. The van der Waals surface area contributed by atoms with Gasteiger partial charge in [0.1, 0.15) is 0 Å². The molecule has 4 aromatic rings. The number of nitrogens with zero attached hydrogens (tertiary/aromatic N) is 3. The number of H-pyrrole nitrogens is 1. The zero-order valence-corrected chi connectivity index (χ0v) is 15.1. The lowest BCUT2D eigenvalue weighted by Crippen LogP contribution is -2.30. The Morgan fingerprint density at radius 1 is 0.893 bits per heavy atom. The van der Waals surface area contributed by atoms with E-state index in [2.05, 4.69) is 38.1 Å². The Kier molecular flexibility index (Phi) is 5.20. The number of carbonyl (C=O) groups is 1. The van der Waals surface area contributed by atoms with E-state index in [0.717, 1.165) is 17.5 Å². The summed E-state index contributed by atoms with van der Waals surface area (Å²) in [5, 5.41) is 17.0. The minimum Gasteiger partial charge on any atom is -0.345 e. The van der Waals surface area contributed by atoms with Crippen LogP contribution in [0.25, 0.3) is 11.4 Å². The van der Waals surface area contributed by atoms with Gasteiger partial charge < -0.3 is 5.32 Å². The summed E-state index contributed by atoms with van der Waals surface area (Å²) in [7, 11) is 0. The van der Waals surface area contributed by atoms with Gasteiger partial charge in [-0.05, 0) is 34.9 Å². The monoisotopic (exact) mass is 369 g/mol. The van der Waals surface area contributed by atoms with Crippen LogP contribution >= 0.6 is 0 Å². The Morgan fingerprint density at radius 3 is 2.21 bits per heavy atom. The molecule has 6 heteroatoms. The molecule has 1 heterocycles. The van der Waals surface area contributed by atoms with Crippen molar-refractivity contribution >= 4 is 5.91 Å². The molecular formula is C22H19N5O. The molecule has 6 nitrogen and oxygen atoms in total. The van der Waals surface area contributed by atoms with Gasteiger partial charge in [-0.25, -0.2) is 0 Å². The molecule has 0 saturated heterocycles. The minimum absolute atomic E-state index is 0.118. The average molecular weight is 369 g/mol. The second-order valence-electron chi connectivity index (χ2n) is 6.44. The first kappa shape index (κ1) is 17.6. The zero-order valence-electron chi connectivity index (χ0n) is 15.1. The van der Waals surface area contributed by atoms with Gasteiger partial charge in [-0.1, -0.05) is 72.8 Å². The topological polar surface area (TPSA) is 83.6 Å². The molecule has 4 rings (SSSR count). The standard InChI is InChI=1S/C22H19N5O/c28-22(19-13-11-18(12-14-19)21-24-26-27-25-21)23-20(17-9-5-2-6-10-17)15-16-7-3-1-4-8-16/h1-14,20H,15H2,(H,23,28)(H,24,25,26,27)/t20-/m0/s1. The number of aromatic amines is 1. The Labute approximate surface area is 162 Å². The predicted octanol–water partition coefficient (Wildman–Crippen LogP) is 3.58. The Bertz CT molecular complexity index is 1020. The highest BCUT2D eigenvalue weighted by molar-refractivity contribution is 5.94. The number of hydrogen-bond acceptors (Lipinski definition) is 4. The van der Waals surface area contributed by atoms with E-state index >= 15 is 0 Å². The van der Waals surface area contributed by atoms with Crippen molar-refractivity contribution in [2.75, 3.05) is 0 Å². The third kappa shape index (κ3) is 4.12. The molecule has 2 N–H and O–H groups in total. The molecule has 3 aromatic carbocycles. The highest BCUT2D eigenvalue weighted by Gasteiger charge is 2.16. The van der Waals surface area contributed by atoms with E-state index in [1.165, 1.54) is 5.56 Å². The van der Waals surface area contributed by atoms with Gasteiger partial charge in [-0.3, -0.25) is 4.79 Å². The van der Waals surface area contributed by atoms with Gasteiger partial charge in [0.05, 0.1) is 6.04 Å². The van der Waals surface area contributed by atoms with E-state index < -0.39 is 0 Å². The molecule has 0 spiro atoms. The number of rotatable bonds is 6. The van der Waals surface area contributed by atoms with Crippen LogP contribution in [0.5, 0.6) is 0 Å². The van der Waals surface area contributed by atoms with Crippen LogP contribution in [-0.4, -0.2) is 26.5 Å². The molecule has 0 aliphatic carbocycles. The molecule has 0 fully saturated rings. The lowest BCUT2D eigenvalue weighted by Gasteiger charge is -2.20. The van der Waals surface area contributed by atoms with Crippen LogP contribution in [0.15, 0.2) is 84.9 Å². The second kappa shape index (κ2) is 8.26. The molecule has 0 radical (unpaired) electrons. The van der Waals surface area contributed by atoms with Crippen molar-refractivity contribution in [3.8, 4) is 11.4 Å². The average Bonchev–Trinajstić information content (AvgIpc) is 3.30. The van der Waals surface area contributed by atoms with Crippen LogP contribution in [0.3, 0.4) is 0 Å². The number of hydrogen-bond donors (Lipinski definition) is 2. The third-order valence-corrected chi connectivity index (χ3v) is 4.54. The maximum atomic E-state index is 12.9. The fraction of sp³-hybridized carbons (Fsp3) is 0.0909. The lowest BCUT2D eigenvalue weighted by atomic mass is 9.98. The van der Waals surface area contributed by atoms with Gasteiger partial charge in [-0.15, -0.1) is 10.2 Å². The van der Waals surface area contributed by atoms with Crippen molar-refractivity contribution in [2.45, 2.75) is 12.5 Å². The molecule has 1 amide bonds. The van der Waals surface area contributed by atoms with Gasteiger partial charge in [0.15, 0.2) is 0 Å². The first-order valence-corrected chi connectivity index (χ1v) is 9.03. The fourth-order valence-electron chi connectivity index (χ4n) is 3.08. The molecule has 0 aliphatic rings. The summed E-state index contributed by atoms with van der Waals surface area (Å²) in [6.07, 6.45) is 0.720. The summed E-state index contributed by atoms with van der Waals surface area (Å²) in [6, 6.07) is 27.2. The highest BCUT2D eigenvalue weighted by Crippen LogP contribution is 2.20. The number of carbonyl (C=O) groups excluding carboxylic acids is 1.